The zero-order chi connectivity index (χ0) is 15.9. The molecule has 0 fully saturated rings. The van der Waals surface area contributed by atoms with Crippen LogP contribution >= 0.6 is 11.6 Å². The Hall–Kier alpha value is -2.26. The summed E-state index contributed by atoms with van der Waals surface area (Å²) in [6, 6.07) is 12.6. The third-order valence-electron chi connectivity index (χ3n) is 3.02. The lowest BCUT2D eigenvalue weighted by Gasteiger charge is -2.11. The maximum Gasteiger partial charge on any atom is 0.185 e. The fourth-order valence-corrected chi connectivity index (χ4v) is 2.31. The molecule has 0 amide bonds. The first kappa shape index (κ1) is 16.1. The Morgan fingerprint density at radius 1 is 1.23 bits per heavy atom. The van der Waals surface area contributed by atoms with Crippen LogP contribution in [0.25, 0.3) is 6.08 Å². The van der Waals surface area contributed by atoms with E-state index in [1.54, 1.807) is 30.3 Å². The lowest BCUT2D eigenvalue weighted by Crippen LogP contribution is -1.97. The average molecular weight is 317 g/mol. The molecule has 0 aliphatic rings. The zero-order valence-corrected chi connectivity index (χ0v) is 13.3. The topological polar surface area (TPSA) is 35.5 Å². The van der Waals surface area contributed by atoms with Crippen molar-refractivity contribution in [3.8, 4) is 11.5 Å². The van der Waals surface area contributed by atoms with Crippen molar-refractivity contribution >= 4 is 23.5 Å². The van der Waals surface area contributed by atoms with Gasteiger partial charge in [-0.2, -0.15) is 0 Å². The second-order valence-electron chi connectivity index (χ2n) is 4.53. The lowest BCUT2D eigenvalue weighted by molar-refractivity contribution is 0.104. The number of methoxy groups -OCH3 is 1. The number of benzene rings is 2. The van der Waals surface area contributed by atoms with E-state index in [9.17, 15) is 4.79 Å². The second kappa shape index (κ2) is 7.66. The average Bonchev–Trinajstić information content (AvgIpc) is 2.53. The highest BCUT2D eigenvalue weighted by Gasteiger charge is 2.10. The normalized spacial score (nSPS) is 10.7. The first-order chi connectivity index (χ1) is 10.7. The second-order valence-corrected chi connectivity index (χ2v) is 4.94. The highest BCUT2D eigenvalue weighted by atomic mass is 35.5. The van der Waals surface area contributed by atoms with Crippen molar-refractivity contribution in [3.63, 3.8) is 0 Å². The van der Waals surface area contributed by atoms with Crippen LogP contribution in [0, 0.1) is 0 Å². The van der Waals surface area contributed by atoms with Gasteiger partial charge in [0.25, 0.3) is 0 Å². The molecule has 0 bridgehead atoms. The van der Waals surface area contributed by atoms with Gasteiger partial charge in [-0.05, 0) is 30.7 Å². The lowest BCUT2D eigenvalue weighted by atomic mass is 10.1. The molecule has 0 spiro atoms. The minimum absolute atomic E-state index is 0.0644. The Morgan fingerprint density at radius 3 is 2.59 bits per heavy atom. The highest BCUT2D eigenvalue weighted by Crippen LogP contribution is 2.36. The molecule has 0 radical (unpaired) electrons. The summed E-state index contributed by atoms with van der Waals surface area (Å²) in [6.07, 6.45) is 3.23. The van der Waals surface area contributed by atoms with Crippen LogP contribution in [0.2, 0.25) is 5.02 Å². The van der Waals surface area contributed by atoms with Gasteiger partial charge in [0.15, 0.2) is 17.3 Å². The minimum Gasteiger partial charge on any atom is -0.491 e. The first-order valence-electron chi connectivity index (χ1n) is 6.93. The molecule has 0 aromatic heterocycles. The van der Waals surface area contributed by atoms with E-state index in [-0.39, 0.29) is 5.78 Å². The quantitative estimate of drug-likeness (QED) is 0.575. The van der Waals surface area contributed by atoms with Gasteiger partial charge in [0.05, 0.1) is 18.7 Å². The summed E-state index contributed by atoms with van der Waals surface area (Å²) in [4.78, 5) is 12.1. The molecule has 0 unspecified atom stereocenters. The molecule has 0 saturated heterocycles. The standard InChI is InChI=1S/C18H17ClO3/c1-3-22-17-12-13(11-15(19)18(17)21-2)9-10-16(20)14-7-5-4-6-8-14/h4-12H,3H2,1-2H3/b10-9+. The molecule has 0 saturated carbocycles. The van der Waals surface area contributed by atoms with Gasteiger partial charge < -0.3 is 9.47 Å². The predicted molar refractivity (Wildman–Crippen MR) is 89.0 cm³/mol. The highest BCUT2D eigenvalue weighted by molar-refractivity contribution is 6.32. The van der Waals surface area contributed by atoms with Gasteiger partial charge in [-0.3, -0.25) is 4.79 Å². The monoisotopic (exact) mass is 316 g/mol. The van der Waals surface area contributed by atoms with Crippen molar-refractivity contribution in [2.45, 2.75) is 6.92 Å². The van der Waals surface area contributed by atoms with Crippen molar-refractivity contribution in [2.75, 3.05) is 13.7 Å². The van der Waals surface area contributed by atoms with Crippen LogP contribution in [0.3, 0.4) is 0 Å². The Kier molecular flexibility index (Phi) is 5.61. The molecule has 4 heteroatoms. The van der Waals surface area contributed by atoms with Gasteiger partial charge in [-0.1, -0.05) is 48.0 Å². The number of carbonyl (C=O) groups excluding carboxylic acids is 1. The predicted octanol–water partition coefficient (Wildman–Crippen LogP) is 4.64. The fraction of sp³-hybridized carbons (Fsp3) is 0.167. The third kappa shape index (κ3) is 3.89. The number of allylic oxidation sites excluding steroid dienone is 1. The van der Waals surface area contributed by atoms with E-state index in [1.807, 2.05) is 25.1 Å². The van der Waals surface area contributed by atoms with Crippen molar-refractivity contribution in [1.82, 2.24) is 0 Å². The fourth-order valence-electron chi connectivity index (χ4n) is 2.02. The van der Waals surface area contributed by atoms with E-state index >= 15 is 0 Å². The number of hydrogen-bond acceptors (Lipinski definition) is 3. The van der Waals surface area contributed by atoms with Crippen LogP contribution in [-0.2, 0) is 0 Å². The van der Waals surface area contributed by atoms with E-state index < -0.39 is 0 Å². The van der Waals surface area contributed by atoms with Crippen molar-refractivity contribution < 1.29 is 14.3 Å². The molecule has 2 rings (SSSR count). The van der Waals surface area contributed by atoms with Crippen molar-refractivity contribution in [3.05, 3.63) is 64.7 Å². The molecular formula is C18H17ClO3. The van der Waals surface area contributed by atoms with Gasteiger partial charge in [-0.15, -0.1) is 0 Å². The zero-order valence-electron chi connectivity index (χ0n) is 12.5. The number of ether oxygens (including phenoxy) is 2. The van der Waals surface area contributed by atoms with Crippen LogP contribution in [-0.4, -0.2) is 19.5 Å². The molecule has 0 aliphatic carbocycles. The van der Waals surface area contributed by atoms with E-state index in [0.29, 0.717) is 28.7 Å². The van der Waals surface area contributed by atoms with E-state index in [0.717, 1.165) is 5.56 Å². The van der Waals surface area contributed by atoms with Gasteiger partial charge >= 0.3 is 0 Å². The van der Waals surface area contributed by atoms with Crippen LogP contribution in [0.1, 0.15) is 22.8 Å². The van der Waals surface area contributed by atoms with E-state index in [1.165, 1.54) is 13.2 Å². The molecule has 3 nitrogen and oxygen atoms in total. The number of rotatable bonds is 6. The first-order valence-corrected chi connectivity index (χ1v) is 7.31. The minimum atomic E-state index is -0.0644. The smallest absolute Gasteiger partial charge is 0.185 e. The summed E-state index contributed by atoms with van der Waals surface area (Å²) in [7, 11) is 1.54. The van der Waals surface area contributed by atoms with Crippen LogP contribution < -0.4 is 9.47 Å². The number of halogens is 1. The Morgan fingerprint density at radius 2 is 1.95 bits per heavy atom. The molecule has 2 aromatic rings. The Balaban J connectivity index is 2.26. The van der Waals surface area contributed by atoms with E-state index in [4.69, 9.17) is 21.1 Å². The maximum atomic E-state index is 12.1. The summed E-state index contributed by atoms with van der Waals surface area (Å²) in [5.74, 6) is 0.991. The number of carbonyl (C=O) groups is 1. The number of ketones is 1. The van der Waals surface area contributed by atoms with Crippen molar-refractivity contribution in [1.29, 1.82) is 0 Å². The molecule has 0 atom stereocenters. The van der Waals surface area contributed by atoms with Crippen LogP contribution in [0.15, 0.2) is 48.5 Å². The van der Waals surface area contributed by atoms with Gasteiger partial charge in [0.2, 0.25) is 0 Å². The van der Waals surface area contributed by atoms with Gasteiger partial charge in [0.1, 0.15) is 0 Å². The molecule has 114 valence electrons. The summed E-state index contributed by atoms with van der Waals surface area (Å²) in [5, 5.41) is 0.445. The van der Waals surface area contributed by atoms with Gasteiger partial charge in [0, 0.05) is 5.56 Å². The Labute approximate surface area is 135 Å². The molecule has 0 aliphatic heterocycles. The van der Waals surface area contributed by atoms with Crippen LogP contribution in [0.4, 0.5) is 0 Å². The number of hydrogen-bond donors (Lipinski definition) is 0. The van der Waals surface area contributed by atoms with Crippen LogP contribution in [0.5, 0.6) is 11.5 Å². The molecular weight excluding hydrogens is 300 g/mol. The van der Waals surface area contributed by atoms with Gasteiger partial charge in [-0.25, -0.2) is 0 Å². The third-order valence-corrected chi connectivity index (χ3v) is 3.30. The molecule has 22 heavy (non-hydrogen) atoms. The molecule has 0 N–H and O–H groups in total. The summed E-state index contributed by atoms with van der Waals surface area (Å²) in [5.41, 5.74) is 1.42. The molecule has 0 heterocycles. The maximum absolute atomic E-state index is 12.1. The van der Waals surface area contributed by atoms with E-state index in [2.05, 4.69) is 0 Å². The largest absolute Gasteiger partial charge is 0.491 e. The Bertz CT molecular complexity index is 678. The molecule has 2 aromatic carbocycles. The summed E-state index contributed by atoms with van der Waals surface area (Å²) in [6.45, 7) is 2.39. The van der Waals surface area contributed by atoms with Crippen molar-refractivity contribution in [2.24, 2.45) is 0 Å². The summed E-state index contributed by atoms with van der Waals surface area (Å²) >= 11 is 6.18. The SMILES string of the molecule is CCOc1cc(/C=C/C(=O)c2ccccc2)cc(Cl)c1OC. The summed E-state index contributed by atoms with van der Waals surface area (Å²) < 4.78 is 10.7.